The number of nitriles is 1. The van der Waals surface area contributed by atoms with E-state index >= 15 is 0 Å². The Morgan fingerprint density at radius 1 is 1.15 bits per heavy atom. The number of pyridine rings is 1. The van der Waals surface area contributed by atoms with Crippen molar-refractivity contribution in [2.75, 3.05) is 68.8 Å². The zero-order valence-corrected chi connectivity index (χ0v) is 22.3. The number of nitrogens with one attached hydrogen (secondary N) is 1. The maximum atomic E-state index is 9.54. The van der Waals surface area contributed by atoms with Gasteiger partial charge < -0.3 is 24.6 Å². The molecule has 4 aliphatic heterocycles. The van der Waals surface area contributed by atoms with Crippen molar-refractivity contribution in [2.45, 2.75) is 37.7 Å². The van der Waals surface area contributed by atoms with Crippen molar-refractivity contribution in [2.24, 2.45) is 0 Å². The highest BCUT2D eigenvalue weighted by Gasteiger charge is 2.48. The average molecular weight is 527 g/mol. The summed E-state index contributed by atoms with van der Waals surface area (Å²) in [5.74, 6) is 0.834. The fourth-order valence-electron chi connectivity index (χ4n) is 6.64. The summed E-state index contributed by atoms with van der Waals surface area (Å²) in [6, 6.07) is 10.2. The van der Waals surface area contributed by atoms with Crippen LogP contribution in [0.2, 0.25) is 0 Å². The zero-order chi connectivity index (χ0) is 26.4. The lowest BCUT2D eigenvalue weighted by molar-refractivity contribution is -0.161. The summed E-state index contributed by atoms with van der Waals surface area (Å²) in [6.45, 7) is 10.5. The first-order valence-electron chi connectivity index (χ1n) is 13.9. The van der Waals surface area contributed by atoms with Crippen molar-refractivity contribution < 1.29 is 9.47 Å². The summed E-state index contributed by atoms with van der Waals surface area (Å²) in [4.78, 5) is 21.2. The molecule has 39 heavy (non-hydrogen) atoms. The van der Waals surface area contributed by atoms with Gasteiger partial charge in [0, 0.05) is 87.8 Å². The SMILES string of the molecule is C[C@@H]1CN(c2ccc(C#N)c3ncccc23)C[C@H](CN2CC3(C2)CN(c2ncc4c(n2)CCNC4)CCO3)O1. The van der Waals surface area contributed by atoms with Crippen LogP contribution in [0.4, 0.5) is 11.6 Å². The number of aromatic nitrogens is 3. The van der Waals surface area contributed by atoms with E-state index in [9.17, 15) is 5.26 Å². The zero-order valence-electron chi connectivity index (χ0n) is 22.3. The van der Waals surface area contributed by atoms with E-state index in [1.54, 1.807) is 6.20 Å². The normalized spacial score (nSPS) is 24.8. The Labute approximate surface area is 228 Å². The standard InChI is InChI=1S/C29H34N8O2/c1-20-14-37(26-5-4-21(11-30)27-24(26)3-2-7-32-27)16-23(39-20)15-35-17-29(18-35)19-36(9-10-38-29)28-33-13-22-12-31-8-6-25(22)34-28/h2-5,7,13,20,23,31H,6,8-10,12,14-19H2,1H3/t20-,23+/m1/s1. The molecule has 10 nitrogen and oxygen atoms in total. The molecule has 202 valence electrons. The van der Waals surface area contributed by atoms with Crippen LogP contribution in [0.3, 0.4) is 0 Å². The van der Waals surface area contributed by atoms with Crippen LogP contribution < -0.4 is 15.1 Å². The van der Waals surface area contributed by atoms with Crippen molar-refractivity contribution in [3.8, 4) is 6.07 Å². The van der Waals surface area contributed by atoms with Crippen molar-refractivity contribution in [3.05, 3.63) is 53.5 Å². The molecule has 2 aromatic heterocycles. The molecular weight excluding hydrogens is 492 g/mol. The van der Waals surface area contributed by atoms with Gasteiger partial charge in [0.25, 0.3) is 0 Å². The Morgan fingerprint density at radius 2 is 2.08 bits per heavy atom. The summed E-state index contributed by atoms with van der Waals surface area (Å²) in [5.41, 5.74) is 4.70. The number of morpholine rings is 2. The average Bonchev–Trinajstić information content (AvgIpc) is 2.95. The van der Waals surface area contributed by atoms with Crippen LogP contribution >= 0.6 is 0 Å². The van der Waals surface area contributed by atoms with Gasteiger partial charge in [0.2, 0.25) is 5.95 Å². The summed E-state index contributed by atoms with van der Waals surface area (Å²) in [6.07, 6.45) is 4.89. The summed E-state index contributed by atoms with van der Waals surface area (Å²) in [5, 5.41) is 13.9. The lowest BCUT2D eigenvalue weighted by Crippen LogP contribution is -2.71. The second-order valence-electron chi connectivity index (χ2n) is 11.3. The minimum atomic E-state index is -0.173. The lowest BCUT2D eigenvalue weighted by atomic mass is 9.91. The van der Waals surface area contributed by atoms with E-state index < -0.39 is 0 Å². The highest BCUT2D eigenvalue weighted by molar-refractivity contribution is 5.95. The number of likely N-dealkylation sites (tertiary alicyclic amines) is 1. The molecule has 3 fully saturated rings. The van der Waals surface area contributed by atoms with Crippen molar-refractivity contribution in [3.63, 3.8) is 0 Å². The Kier molecular flexibility index (Phi) is 6.32. The Morgan fingerprint density at radius 3 is 2.97 bits per heavy atom. The molecule has 1 spiro atoms. The van der Waals surface area contributed by atoms with Crippen LogP contribution in [0, 0.1) is 11.3 Å². The fourth-order valence-corrected chi connectivity index (χ4v) is 6.64. The van der Waals surface area contributed by atoms with Gasteiger partial charge in [0.15, 0.2) is 0 Å². The van der Waals surface area contributed by atoms with Crippen LogP contribution in [0.1, 0.15) is 23.7 Å². The van der Waals surface area contributed by atoms with E-state index in [-0.39, 0.29) is 17.8 Å². The third kappa shape index (κ3) is 4.70. The Hall–Kier alpha value is -3.36. The molecule has 10 heteroatoms. The van der Waals surface area contributed by atoms with E-state index in [2.05, 4.69) is 55.1 Å². The predicted molar refractivity (Wildman–Crippen MR) is 148 cm³/mol. The molecule has 7 rings (SSSR count). The number of fused-ring (bicyclic) bond motifs is 2. The van der Waals surface area contributed by atoms with E-state index in [0.717, 1.165) is 87.9 Å². The van der Waals surface area contributed by atoms with Crippen molar-refractivity contribution in [1.29, 1.82) is 5.26 Å². The van der Waals surface area contributed by atoms with Crippen LogP contribution in [-0.2, 0) is 22.4 Å². The molecule has 0 unspecified atom stereocenters. The lowest BCUT2D eigenvalue weighted by Gasteiger charge is -2.55. The molecule has 1 aromatic carbocycles. The molecule has 6 heterocycles. The molecule has 0 amide bonds. The Balaban J connectivity index is 1.01. The highest BCUT2D eigenvalue weighted by atomic mass is 16.5. The molecule has 0 aliphatic carbocycles. The number of anilines is 2. The summed E-state index contributed by atoms with van der Waals surface area (Å²) in [7, 11) is 0. The van der Waals surface area contributed by atoms with Gasteiger partial charge in [-0.3, -0.25) is 9.88 Å². The van der Waals surface area contributed by atoms with E-state index in [0.29, 0.717) is 12.2 Å². The van der Waals surface area contributed by atoms with Crippen LogP contribution in [0.25, 0.3) is 10.9 Å². The minimum Gasteiger partial charge on any atom is -0.370 e. The summed E-state index contributed by atoms with van der Waals surface area (Å²) >= 11 is 0. The van der Waals surface area contributed by atoms with Crippen LogP contribution in [0.5, 0.6) is 0 Å². The quantitative estimate of drug-likeness (QED) is 0.541. The first kappa shape index (κ1) is 24.7. The molecular formula is C29H34N8O2. The highest BCUT2D eigenvalue weighted by Crippen LogP contribution is 2.33. The second-order valence-corrected chi connectivity index (χ2v) is 11.3. The van der Waals surface area contributed by atoms with E-state index in [1.807, 2.05) is 18.3 Å². The van der Waals surface area contributed by atoms with Gasteiger partial charge in [0.05, 0.1) is 42.1 Å². The molecule has 0 bridgehead atoms. The molecule has 3 saturated heterocycles. The topological polar surface area (TPSA) is 103 Å². The third-order valence-corrected chi connectivity index (χ3v) is 8.35. The van der Waals surface area contributed by atoms with Gasteiger partial charge in [-0.25, -0.2) is 9.97 Å². The molecule has 1 N–H and O–H groups in total. The van der Waals surface area contributed by atoms with Gasteiger partial charge in [-0.1, -0.05) is 0 Å². The number of nitrogens with zero attached hydrogens (tertiary/aromatic N) is 7. The van der Waals surface area contributed by atoms with E-state index in [4.69, 9.17) is 14.5 Å². The van der Waals surface area contributed by atoms with Crippen molar-refractivity contribution in [1.82, 2.24) is 25.2 Å². The molecule has 0 saturated carbocycles. The summed E-state index contributed by atoms with van der Waals surface area (Å²) < 4.78 is 12.7. The maximum Gasteiger partial charge on any atom is 0.225 e. The first-order valence-corrected chi connectivity index (χ1v) is 13.9. The fraction of sp³-hybridized carbons (Fsp3) is 0.517. The van der Waals surface area contributed by atoms with Gasteiger partial charge in [-0.15, -0.1) is 0 Å². The van der Waals surface area contributed by atoms with Gasteiger partial charge >= 0.3 is 0 Å². The number of rotatable bonds is 4. The smallest absolute Gasteiger partial charge is 0.225 e. The third-order valence-electron chi connectivity index (χ3n) is 8.35. The number of ether oxygens (including phenoxy) is 2. The first-order chi connectivity index (χ1) is 19.1. The number of hydrogen-bond donors (Lipinski definition) is 1. The maximum absolute atomic E-state index is 9.54. The number of hydrogen-bond acceptors (Lipinski definition) is 10. The second kappa shape index (κ2) is 9.99. The van der Waals surface area contributed by atoms with Crippen molar-refractivity contribution >= 4 is 22.5 Å². The molecule has 3 aromatic rings. The molecule has 0 radical (unpaired) electrons. The van der Waals surface area contributed by atoms with Crippen LogP contribution in [0.15, 0.2) is 36.7 Å². The predicted octanol–water partition coefficient (Wildman–Crippen LogP) is 1.73. The van der Waals surface area contributed by atoms with Crippen LogP contribution in [-0.4, -0.2) is 96.6 Å². The van der Waals surface area contributed by atoms with Gasteiger partial charge in [-0.05, 0) is 31.2 Å². The Bertz CT molecular complexity index is 1420. The molecule has 2 atom stereocenters. The number of benzene rings is 1. The monoisotopic (exact) mass is 526 g/mol. The van der Waals surface area contributed by atoms with Gasteiger partial charge in [0.1, 0.15) is 11.7 Å². The van der Waals surface area contributed by atoms with Gasteiger partial charge in [-0.2, -0.15) is 5.26 Å². The molecule has 4 aliphatic rings. The van der Waals surface area contributed by atoms with E-state index in [1.165, 1.54) is 11.3 Å². The minimum absolute atomic E-state index is 0.0887. The largest absolute Gasteiger partial charge is 0.370 e.